The molecule has 2 nitrogen and oxygen atoms in total. The second-order valence-electron chi connectivity index (χ2n) is 3.60. The second kappa shape index (κ2) is 5.58. The number of hydrogen-bond acceptors (Lipinski definition) is 2. The average Bonchev–Trinajstić information content (AvgIpc) is 2.12. The molecule has 15 heavy (non-hydrogen) atoms. The van der Waals surface area contributed by atoms with Gasteiger partial charge in [-0.1, -0.05) is 15.9 Å². The second-order valence-corrected chi connectivity index (χ2v) is 4.52. The summed E-state index contributed by atoms with van der Waals surface area (Å²) in [7, 11) is 0. The highest BCUT2D eigenvalue weighted by Crippen LogP contribution is 2.20. The molecule has 0 aliphatic carbocycles. The summed E-state index contributed by atoms with van der Waals surface area (Å²) in [6, 6.07) is 4.33. The molecule has 1 rings (SSSR count). The molecule has 0 aliphatic rings. The van der Waals surface area contributed by atoms with Crippen LogP contribution in [0.15, 0.2) is 22.7 Å². The minimum absolute atomic E-state index is 0.0525. The summed E-state index contributed by atoms with van der Waals surface area (Å²) in [5, 5.41) is 9.71. The van der Waals surface area contributed by atoms with Crippen LogP contribution in [0.4, 0.5) is 4.39 Å². The molecular weight excluding hydrogens is 263 g/mol. The van der Waals surface area contributed by atoms with Gasteiger partial charge in [-0.3, -0.25) is 0 Å². The number of benzene rings is 1. The summed E-state index contributed by atoms with van der Waals surface area (Å²) in [4.78, 5) is 0. The van der Waals surface area contributed by atoms with Crippen molar-refractivity contribution in [1.82, 2.24) is 0 Å². The molecule has 0 aliphatic heterocycles. The third kappa shape index (κ3) is 4.28. The largest absolute Gasteiger partial charge is 0.386 e. The summed E-state index contributed by atoms with van der Waals surface area (Å²) in [6.07, 6.45) is -0.740. The molecule has 0 fully saturated rings. The van der Waals surface area contributed by atoms with Crippen LogP contribution in [0, 0.1) is 5.82 Å². The van der Waals surface area contributed by atoms with Gasteiger partial charge in [-0.2, -0.15) is 0 Å². The maximum absolute atomic E-state index is 13.0. The lowest BCUT2D eigenvalue weighted by atomic mass is 10.1. The van der Waals surface area contributed by atoms with Crippen molar-refractivity contribution in [2.75, 3.05) is 6.61 Å². The molecule has 1 aromatic rings. The minimum Gasteiger partial charge on any atom is -0.386 e. The highest BCUT2D eigenvalue weighted by molar-refractivity contribution is 9.10. The number of ether oxygens (including phenoxy) is 1. The lowest BCUT2D eigenvalue weighted by Gasteiger charge is -2.14. The summed E-state index contributed by atoms with van der Waals surface area (Å²) in [5.41, 5.74) is 0.516. The molecule has 0 heterocycles. The molecule has 1 atom stereocenters. The Morgan fingerprint density at radius 3 is 2.60 bits per heavy atom. The number of hydrogen-bond donors (Lipinski definition) is 1. The normalized spacial score (nSPS) is 13.2. The van der Waals surface area contributed by atoms with E-state index in [1.54, 1.807) is 6.07 Å². The molecule has 0 spiro atoms. The van der Waals surface area contributed by atoms with Crippen LogP contribution in [0.1, 0.15) is 25.5 Å². The van der Waals surface area contributed by atoms with Crippen molar-refractivity contribution in [3.8, 4) is 0 Å². The lowest BCUT2D eigenvalue weighted by molar-refractivity contribution is 0.00481. The molecule has 0 bridgehead atoms. The van der Waals surface area contributed by atoms with E-state index >= 15 is 0 Å². The molecule has 1 N–H and O–H groups in total. The Balaban J connectivity index is 2.68. The summed E-state index contributed by atoms with van der Waals surface area (Å²) in [6.45, 7) is 3.94. The van der Waals surface area contributed by atoms with Gasteiger partial charge in [0.1, 0.15) is 11.9 Å². The van der Waals surface area contributed by atoms with Crippen molar-refractivity contribution in [1.29, 1.82) is 0 Å². The fourth-order valence-corrected chi connectivity index (χ4v) is 1.63. The quantitative estimate of drug-likeness (QED) is 0.916. The fraction of sp³-hybridized carbons (Fsp3) is 0.455. The lowest BCUT2D eigenvalue weighted by Crippen LogP contribution is -2.12. The average molecular weight is 277 g/mol. The SMILES string of the molecule is CC(C)OCC(O)c1cc(F)cc(Br)c1. The Hall–Kier alpha value is -0.450. The third-order valence-electron chi connectivity index (χ3n) is 1.86. The highest BCUT2D eigenvalue weighted by Gasteiger charge is 2.10. The van der Waals surface area contributed by atoms with E-state index in [0.717, 1.165) is 0 Å². The van der Waals surface area contributed by atoms with Gasteiger partial charge in [0.15, 0.2) is 0 Å². The van der Waals surface area contributed by atoms with E-state index in [0.29, 0.717) is 10.0 Å². The van der Waals surface area contributed by atoms with Crippen LogP contribution in [0.3, 0.4) is 0 Å². The van der Waals surface area contributed by atoms with E-state index in [4.69, 9.17) is 4.74 Å². The van der Waals surface area contributed by atoms with Crippen molar-refractivity contribution >= 4 is 15.9 Å². The van der Waals surface area contributed by atoms with E-state index in [1.807, 2.05) is 13.8 Å². The Labute approximate surface area is 97.2 Å². The van der Waals surface area contributed by atoms with Crippen molar-refractivity contribution in [3.63, 3.8) is 0 Å². The topological polar surface area (TPSA) is 29.5 Å². The molecule has 84 valence electrons. The first-order valence-corrected chi connectivity index (χ1v) is 5.54. The van der Waals surface area contributed by atoms with E-state index in [-0.39, 0.29) is 18.5 Å². The maximum Gasteiger partial charge on any atom is 0.124 e. The molecule has 0 aromatic heterocycles. The van der Waals surface area contributed by atoms with E-state index in [9.17, 15) is 9.50 Å². The summed E-state index contributed by atoms with van der Waals surface area (Å²) >= 11 is 3.17. The minimum atomic E-state index is -0.792. The van der Waals surface area contributed by atoms with Gasteiger partial charge in [0.25, 0.3) is 0 Å². The third-order valence-corrected chi connectivity index (χ3v) is 2.31. The van der Waals surface area contributed by atoms with Crippen LogP contribution >= 0.6 is 15.9 Å². The van der Waals surface area contributed by atoms with Gasteiger partial charge in [-0.25, -0.2) is 4.39 Å². The predicted octanol–water partition coefficient (Wildman–Crippen LogP) is 3.05. The number of aliphatic hydroxyl groups excluding tert-OH is 1. The van der Waals surface area contributed by atoms with Crippen LogP contribution in [-0.2, 0) is 4.74 Å². The van der Waals surface area contributed by atoms with Crippen LogP contribution in [0.5, 0.6) is 0 Å². The smallest absolute Gasteiger partial charge is 0.124 e. The van der Waals surface area contributed by atoms with Crippen LogP contribution < -0.4 is 0 Å². The van der Waals surface area contributed by atoms with E-state index in [2.05, 4.69) is 15.9 Å². The van der Waals surface area contributed by atoms with Crippen molar-refractivity contribution < 1.29 is 14.2 Å². The molecule has 0 radical (unpaired) electrons. The molecule has 0 saturated carbocycles. The monoisotopic (exact) mass is 276 g/mol. The van der Waals surface area contributed by atoms with Crippen molar-refractivity contribution in [2.24, 2.45) is 0 Å². The summed E-state index contributed by atoms with van der Waals surface area (Å²) < 4.78 is 18.9. The van der Waals surface area contributed by atoms with Crippen molar-refractivity contribution in [2.45, 2.75) is 26.1 Å². The van der Waals surface area contributed by atoms with Crippen molar-refractivity contribution in [3.05, 3.63) is 34.1 Å². The van der Waals surface area contributed by atoms with Gasteiger partial charge >= 0.3 is 0 Å². The Morgan fingerprint density at radius 1 is 1.40 bits per heavy atom. The number of halogens is 2. The van der Waals surface area contributed by atoms with Gasteiger partial charge in [-0.05, 0) is 37.6 Å². The molecule has 1 unspecified atom stereocenters. The maximum atomic E-state index is 13.0. The molecular formula is C11H14BrFO2. The predicted molar refractivity (Wildman–Crippen MR) is 60.1 cm³/mol. The highest BCUT2D eigenvalue weighted by atomic mass is 79.9. The van der Waals surface area contributed by atoms with E-state index < -0.39 is 6.10 Å². The molecule has 0 saturated heterocycles. The first-order valence-electron chi connectivity index (χ1n) is 4.74. The Morgan fingerprint density at radius 2 is 2.07 bits per heavy atom. The standard InChI is InChI=1S/C11H14BrFO2/c1-7(2)15-6-11(14)8-3-9(12)5-10(13)4-8/h3-5,7,11,14H,6H2,1-2H3. The van der Waals surface area contributed by atoms with Gasteiger partial charge in [0.2, 0.25) is 0 Å². The zero-order chi connectivity index (χ0) is 11.4. The zero-order valence-electron chi connectivity index (χ0n) is 8.71. The zero-order valence-corrected chi connectivity index (χ0v) is 10.3. The Kier molecular flexibility index (Phi) is 4.70. The van der Waals surface area contributed by atoms with Gasteiger partial charge < -0.3 is 9.84 Å². The van der Waals surface area contributed by atoms with Crippen LogP contribution in [-0.4, -0.2) is 17.8 Å². The van der Waals surface area contributed by atoms with Gasteiger partial charge in [0.05, 0.1) is 12.7 Å². The molecule has 1 aromatic carbocycles. The molecule has 0 amide bonds. The summed E-state index contributed by atoms with van der Waals surface area (Å²) in [5.74, 6) is -0.372. The molecule has 4 heteroatoms. The van der Waals surface area contributed by atoms with E-state index in [1.165, 1.54) is 12.1 Å². The number of aliphatic hydroxyl groups is 1. The fourth-order valence-electron chi connectivity index (χ4n) is 1.15. The van der Waals surface area contributed by atoms with Gasteiger partial charge in [-0.15, -0.1) is 0 Å². The first kappa shape index (κ1) is 12.6. The Bertz CT molecular complexity index is 308. The van der Waals surface area contributed by atoms with Gasteiger partial charge in [0, 0.05) is 4.47 Å². The van der Waals surface area contributed by atoms with Crippen LogP contribution in [0.2, 0.25) is 0 Å². The van der Waals surface area contributed by atoms with Crippen LogP contribution in [0.25, 0.3) is 0 Å². The first-order chi connectivity index (χ1) is 6.99. The number of rotatable bonds is 4.